The highest BCUT2D eigenvalue weighted by Gasteiger charge is 2.04. The molecule has 0 heterocycles. The van der Waals surface area contributed by atoms with E-state index < -0.39 is 11.9 Å². The van der Waals surface area contributed by atoms with Crippen molar-refractivity contribution in [2.45, 2.75) is 26.2 Å². The minimum Gasteiger partial charge on any atom is -0.492 e. The Morgan fingerprint density at radius 2 is 1.72 bits per heavy atom. The summed E-state index contributed by atoms with van der Waals surface area (Å²) in [6.45, 7) is 5.74. The van der Waals surface area contributed by atoms with Crippen LogP contribution in [0.2, 0.25) is 0 Å². The number of aryl methyl sites for hydroxylation is 1. The average molecular weight is 420 g/mol. The quantitative estimate of drug-likeness (QED) is 0.395. The average Bonchev–Trinajstić information content (AvgIpc) is 2.55. The van der Waals surface area contributed by atoms with Crippen LogP contribution in [0.1, 0.15) is 24.8 Å². The lowest BCUT2D eigenvalue weighted by Gasteiger charge is -2.09. The highest BCUT2D eigenvalue weighted by Crippen LogP contribution is 2.25. The van der Waals surface area contributed by atoms with E-state index in [0.29, 0.717) is 0 Å². The molecule has 1 aromatic carbocycles. The Morgan fingerprint density at radius 3 is 2.28 bits per heavy atom. The molecule has 0 aliphatic carbocycles. The number of methoxy groups -OCH3 is 1. The summed E-state index contributed by atoms with van der Waals surface area (Å²) in [4.78, 5) is 18.2. The number of unbranched alkanes of at least 4 members (excludes halogenated alkanes) is 1. The number of carbonyl (C=O) groups is 2. The van der Waals surface area contributed by atoms with Crippen LogP contribution in [-0.4, -0.2) is 55.6 Å². The molecule has 0 saturated carbocycles. The predicted molar refractivity (Wildman–Crippen MR) is 98.2 cm³/mol. The second-order valence-electron chi connectivity index (χ2n) is 5.20. The Bertz CT molecular complexity index is 512. The number of carboxylic acid groups (broad SMARTS) is 2. The summed E-state index contributed by atoms with van der Waals surface area (Å²) in [7, 11) is 1.74. The van der Waals surface area contributed by atoms with Crippen molar-refractivity contribution in [1.29, 1.82) is 0 Å². The van der Waals surface area contributed by atoms with E-state index in [1.54, 1.807) is 7.11 Å². The zero-order chi connectivity index (χ0) is 19.1. The fourth-order valence-electron chi connectivity index (χ4n) is 1.72. The van der Waals surface area contributed by atoms with E-state index in [1.807, 2.05) is 6.07 Å². The van der Waals surface area contributed by atoms with E-state index in [4.69, 9.17) is 29.3 Å². The van der Waals surface area contributed by atoms with Gasteiger partial charge in [-0.1, -0.05) is 6.07 Å². The number of nitrogens with one attached hydrogen (secondary N) is 1. The van der Waals surface area contributed by atoms with E-state index >= 15 is 0 Å². The van der Waals surface area contributed by atoms with Gasteiger partial charge in [-0.25, -0.2) is 9.59 Å². The van der Waals surface area contributed by atoms with Crippen LogP contribution >= 0.6 is 15.9 Å². The van der Waals surface area contributed by atoms with Gasteiger partial charge in [0, 0.05) is 13.7 Å². The van der Waals surface area contributed by atoms with Gasteiger partial charge in [0.1, 0.15) is 5.75 Å². The molecule has 1 aromatic rings. The van der Waals surface area contributed by atoms with E-state index in [1.165, 1.54) is 5.56 Å². The Labute approximate surface area is 156 Å². The van der Waals surface area contributed by atoms with Crippen LogP contribution < -0.4 is 10.1 Å². The Hall–Kier alpha value is -1.64. The zero-order valence-corrected chi connectivity index (χ0v) is 16.2. The number of aliphatic carboxylic acids is 2. The van der Waals surface area contributed by atoms with Crippen molar-refractivity contribution in [1.82, 2.24) is 5.32 Å². The predicted octanol–water partition coefficient (Wildman–Crippen LogP) is 2.70. The van der Waals surface area contributed by atoms with Crippen molar-refractivity contribution >= 4 is 27.9 Å². The van der Waals surface area contributed by atoms with Crippen LogP contribution in [0.3, 0.4) is 0 Å². The fourth-order valence-corrected chi connectivity index (χ4v) is 2.33. The summed E-state index contributed by atoms with van der Waals surface area (Å²) in [6, 6.07) is 6.16. The molecule has 0 spiro atoms. The van der Waals surface area contributed by atoms with Crippen LogP contribution in [0, 0.1) is 6.92 Å². The number of benzene rings is 1. The van der Waals surface area contributed by atoms with Crippen LogP contribution in [0.25, 0.3) is 0 Å². The van der Waals surface area contributed by atoms with Crippen molar-refractivity contribution < 1.29 is 29.3 Å². The molecule has 142 valence electrons. The summed E-state index contributed by atoms with van der Waals surface area (Å²) >= 11 is 3.52. The lowest BCUT2D eigenvalue weighted by atomic mass is 10.2. The minimum absolute atomic E-state index is 0.765. The summed E-state index contributed by atoms with van der Waals surface area (Å²) in [5.41, 5.74) is 1.24. The maximum atomic E-state index is 9.10. The molecule has 0 saturated heterocycles. The lowest BCUT2D eigenvalue weighted by Crippen LogP contribution is -2.18. The van der Waals surface area contributed by atoms with Gasteiger partial charge in [0.15, 0.2) is 0 Å². The van der Waals surface area contributed by atoms with Crippen LogP contribution in [-0.2, 0) is 14.3 Å². The monoisotopic (exact) mass is 419 g/mol. The zero-order valence-electron chi connectivity index (χ0n) is 14.6. The summed E-state index contributed by atoms with van der Waals surface area (Å²) in [5.74, 6) is -2.72. The standard InChI is InChI=1S/C15H24BrNO2.C2H2O4/c1-13-6-7-15(14(16)12-13)19-11-4-3-8-17-9-5-10-18-2;3-1(4)2(5)6/h6-7,12,17H,3-5,8-11H2,1-2H3;(H,3,4)(H,5,6). The van der Waals surface area contributed by atoms with E-state index in [-0.39, 0.29) is 0 Å². The number of hydrogen-bond donors (Lipinski definition) is 3. The first kappa shape index (κ1) is 23.4. The summed E-state index contributed by atoms with van der Waals surface area (Å²) < 4.78 is 11.8. The number of rotatable bonds is 10. The normalized spacial score (nSPS) is 9.88. The molecule has 0 aromatic heterocycles. The molecule has 0 unspecified atom stereocenters. The molecule has 0 amide bonds. The number of hydrogen-bond acceptors (Lipinski definition) is 5. The maximum Gasteiger partial charge on any atom is 0.414 e. The molecule has 7 nitrogen and oxygen atoms in total. The first-order chi connectivity index (χ1) is 11.9. The van der Waals surface area contributed by atoms with Gasteiger partial charge in [-0.2, -0.15) is 0 Å². The van der Waals surface area contributed by atoms with Crippen molar-refractivity contribution in [3.05, 3.63) is 28.2 Å². The Balaban J connectivity index is 0.000000823. The second kappa shape index (κ2) is 14.7. The van der Waals surface area contributed by atoms with Gasteiger partial charge in [-0.15, -0.1) is 0 Å². The second-order valence-corrected chi connectivity index (χ2v) is 6.05. The Kier molecular flexibility index (Phi) is 13.7. The van der Waals surface area contributed by atoms with Gasteiger partial charge >= 0.3 is 11.9 Å². The minimum atomic E-state index is -1.82. The van der Waals surface area contributed by atoms with Crippen molar-refractivity contribution in [2.75, 3.05) is 33.4 Å². The molecule has 0 aliphatic rings. The number of ether oxygens (including phenoxy) is 2. The van der Waals surface area contributed by atoms with Crippen LogP contribution in [0.5, 0.6) is 5.75 Å². The molecule has 0 fully saturated rings. The smallest absolute Gasteiger partial charge is 0.414 e. The molecule has 1 rings (SSSR count). The van der Waals surface area contributed by atoms with E-state index in [0.717, 1.165) is 55.8 Å². The summed E-state index contributed by atoms with van der Waals surface area (Å²) in [5, 5.41) is 18.2. The van der Waals surface area contributed by atoms with Gasteiger partial charge < -0.3 is 25.0 Å². The van der Waals surface area contributed by atoms with Gasteiger partial charge in [0.2, 0.25) is 0 Å². The molecule has 0 aliphatic heterocycles. The van der Waals surface area contributed by atoms with Crippen LogP contribution in [0.15, 0.2) is 22.7 Å². The van der Waals surface area contributed by atoms with Gasteiger partial charge in [0.05, 0.1) is 11.1 Å². The highest BCUT2D eigenvalue weighted by molar-refractivity contribution is 9.10. The number of halogens is 1. The van der Waals surface area contributed by atoms with Crippen molar-refractivity contribution in [3.8, 4) is 5.75 Å². The number of carboxylic acids is 2. The molecule has 25 heavy (non-hydrogen) atoms. The van der Waals surface area contributed by atoms with Gasteiger partial charge in [-0.05, 0) is 72.9 Å². The van der Waals surface area contributed by atoms with E-state index in [9.17, 15) is 0 Å². The first-order valence-electron chi connectivity index (χ1n) is 7.93. The molecule has 0 bridgehead atoms. The molecular weight excluding hydrogens is 394 g/mol. The van der Waals surface area contributed by atoms with Crippen LogP contribution in [0.4, 0.5) is 0 Å². The maximum absolute atomic E-state index is 9.10. The largest absolute Gasteiger partial charge is 0.492 e. The topological polar surface area (TPSA) is 105 Å². The van der Waals surface area contributed by atoms with Crippen molar-refractivity contribution in [2.24, 2.45) is 0 Å². The fraction of sp³-hybridized carbons (Fsp3) is 0.529. The molecular formula is C17H26BrNO6. The molecule has 8 heteroatoms. The van der Waals surface area contributed by atoms with Gasteiger partial charge in [-0.3, -0.25) is 0 Å². The van der Waals surface area contributed by atoms with Gasteiger partial charge in [0.25, 0.3) is 0 Å². The molecule has 0 atom stereocenters. The Morgan fingerprint density at radius 1 is 1.08 bits per heavy atom. The van der Waals surface area contributed by atoms with E-state index in [2.05, 4.69) is 40.3 Å². The van der Waals surface area contributed by atoms with Crippen molar-refractivity contribution in [3.63, 3.8) is 0 Å². The third-order valence-corrected chi connectivity index (χ3v) is 3.60. The molecule has 0 radical (unpaired) electrons. The first-order valence-corrected chi connectivity index (χ1v) is 8.72. The third kappa shape index (κ3) is 13.3. The highest BCUT2D eigenvalue weighted by atomic mass is 79.9. The molecule has 3 N–H and O–H groups in total. The lowest BCUT2D eigenvalue weighted by molar-refractivity contribution is -0.159. The SMILES string of the molecule is COCCCNCCCCOc1ccc(C)cc1Br.O=C(O)C(=O)O. The third-order valence-electron chi connectivity index (χ3n) is 2.98. The summed E-state index contributed by atoms with van der Waals surface area (Å²) in [6.07, 6.45) is 3.28.